The third-order valence-corrected chi connectivity index (χ3v) is 10.2. The lowest BCUT2D eigenvalue weighted by Gasteiger charge is -2.40. The number of benzene rings is 3. The highest BCUT2D eigenvalue weighted by atomic mass is 32.2. The Morgan fingerprint density at radius 2 is 1.63 bits per heavy atom. The van der Waals surface area contributed by atoms with Gasteiger partial charge < -0.3 is 10.1 Å². The summed E-state index contributed by atoms with van der Waals surface area (Å²) in [6.45, 7) is 5.38. The van der Waals surface area contributed by atoms with Gasteiger partial charge in [0, 0.05) is 26.7 Å². The van der Waals surface area contributed by atoms with E-state index in [2.05, 4.69) is 29.3 Å². The molecule has 3 atom stereocenters. The Kier molecular flexibility index (Phi) is 12.8. The Bertz CT molecular complexity index is 1340. The molecular formula is C35H47N3O4S. The Balaban J connectivity index is 1.42. The molecule has 7 nitrogen and oxygen atoms in total. The van der Waals surface area contributed by atoms with Crippen molar-refractivity contribution in [2.24, 2.45) is 5.92 Å². The lowest BCUT2D eigenvalue weighted by molar-refractivity contribution is -0.152. The summed E-state index contributed by atoms with van der Waals surface area (Å²) >= 11 is 0. The van der Waals surface area contributed by atoms with Crippen molar-refractivity contribution < 1.29 is 17.9 Å². The molecule has 1 heterocycles. The summed E-state index contributed by atoms with van der Waals surface area (Å²) in [6, 6.07) is 28.6. The van der Waals surface area contributed by atoms with E-state index in [1.807, 2.05) is 54.6 Å². The van der Waals surface area contributed by atoms with Crippen LogP contribution in [0.4, 0.5) is 0 Å². The number of carbonyl (C=O) groups is 1. The van der Waals surface area contributed by atoms with Crippen molar-refractivity contribution in [1.29, 1.82) is 0 Å². The molecule has 43 heavy (non-hydrogen) atoms. The molecule has 1 saturated heterocycles. The van der Waals surface area contributed by atoms with Crippen molar-refractivity contribution in [2.75, 3.05) is 33.2 Å². The summed E-state index contributed by atoms with van der Waals surface area (Å²) in [4.78, 5) is 15.8. The van der Waals surface area contributed by atoms with Crippen molar-refractivity contribution in [2.45, 2.75) is 69.0 Å². The molecule has 0 amide bonds. The number of esters is 1. The Morgan fingerprint density at radius 3 is 2.30 bits per heavy atom. The van der Waals surface area contributed by atoms with Crippen molar-refractivity contribution in [3.63, 3.8) is 0 Å². The number of nitrogens with one attached hydrogen (secondary N) is 1. The number of hydrogen-bond donors (Lipinski definition) is 1. The standard InChI is InChI=1S/C35H47N3O4S/c1-3-4-14-23-36-34-26-31(35(39)42-28-29-15-8-5-9-16-29)21-24-38(34)25-22-32(30-17-10-6-11-18-30)27-37(2)43(40,41)33-19-12-7-13-20-33/h5-13,15-20,31-32,34,36H,3-4,14,21-28H2,1-2H3/t31?,32-,34-/m0/s1. The molecule has 1 unspecified atom stereocenters. The maximum absolute atomic E-state index is 13.3. The van der Waals surface area contributed by atoms with Gasteiger partial charge in [0.05, 0.1) is 17.0 Å². The Hall–Kier alpha value is -3.04. The summed E-state index contributed by atoms with van der Waals surface area (Å²) in [5.41, 5.74) is 2.12. The van der Waals surface area contributed by atoms with E-state index in [4.69, 9.17) is 4.74 Å². The highest BCUT2D eigenvalue weighted by molar-refractivity contribution is 7.89. The molecule has 4 rings (SSSR count). The van der Waals surface area contributed by atoms with Gasteiger partial charge in [-0.2, -0.15) is 0 Å². The number of ether oxygens (including phenoxy) is 1. The average molecular weight is 606 g/mol. The van der Waals surface area contributed by atoms with Gasteiger partial charge in [-0.25, -0.2) is 12.7 Å². The van der Waals surface area contributed by atoms with E-state index >= 15 is 0 Å². The van der Waals surface area contributed by atoms with Crippen molar-refractivity contribution in [3.8, 4) is 0 Å². The minimum Gasteiger partial charge on any atom is -0.461 e. The van der Waals surface area contributed by atoms with Gasteiger partial charge in [-0.1, -0.05) is 98.6 Å². The van der Waals surface area contributed by atoms with E-state index in [9.17, 15) is 13.2 Å². The highest BCUT2D eigenvalue weighted by Gasteiger charge is 2.33. The topological polar surface area (TPSA) is 79.0 Å². The van der Waals surface area contributed by atoms with Crippen molar-refractivity contribution >= 4 is 16.0 Å². The second kappa shape index (κ2) is 16.7. The number of unbranched alkanes of at least 4 members (excludes halogenated alkanes) is 2. The van der Waals surface area contributed by atoms with E-state index in [0.29, 0.717) is 24.5 Å². The van der Waals surface area contributed by atoms with Crippen LogP contribution in [0.3, 0.4) is 0 Å². The molecule has 3 aromatic carbocycles. The van der Waals surface area contributed by atoms with Crippen LogP contribution in [-0.2, 0) is 26.2 Å². The number of hydrogen-bond acceptors (Lipinski definition) is 6. The van der Waals surface area contributed by atoms with E-state index in [-0.39, 0.29) is 24.0 Å². The smallest absolute Gasteiger partial charge is 0.309 e. The highest BCUT2D eigenvalue weighted by Crippen LogP contribution is 2.28. The third-order valence-electron chi connectivity index (χ3n) is 8.40. The van der Waals surface area contributed by atoms with Crippen LogP contribution in [0, 0.1) is 5.92 Å². The molecule has 1 fully saturated rings. The second-order valence-corrected chi connectivity index (χ2v) is 13.6. The molecule has 8 heteroatoms. The molecule has 3 aromatic rings. The number of likely N-dealkylation sites (N-methyl/N-ethyl adjacent to an activating group) is 1. The van der Waals surface area contributed by atoms with Crippen LogP contribution in [0.5, 0.6) is 0 Å². The van der Waals surface area contributed by atoms with Gasteiger partial charge in [0.2, 0.25) is 10.0 Å². The Labute approximate surface area is 258 Å². The van der Waals surface area contributed by atoms with Crippen molar-refractivity contribution in [3.05, 3.63) is 102 Å². The van der Waals surface area contributed by atoms with Crippen LogP contribution in [0.1, 0.15) is 62.5 Å². The van der Waals surface area contributed by atoms with Crippen LogP contribution in [0.2, 0.25) is 0 Å². The first-order chi connectivity index (χ1) is 20.9. The fourth-order valence-corrected chi connectivity index (χ4v) is 7.03. The van der Waals surface area contributed by atoms with Crippen LogP contribution in [0.25, 0.3) is 0 Å². The number of likely N-dealkylation sites (tertiary alicyclic amines) is 1. The molecule has 1 N–H and O–H groups in total. The molecule has 1 aliphatic heterocycles. The van der Waals surface area contributed by atoms with Gasteiger partial charge in [-0.05, 0) is 61.4 Å². The van der Waals surface area contributed by atoms with Gasteiger partial charge in [-0.3, -0.25) is 9.69 Å². The summed E-state index contributed by atoms with van der Waals surface area (Å²) in [6.07, 6.45) is 5.75. The lowest BCUT2D eigenvalue weighted by atomic mass is 9.92. The first-order valence-electron chi connectivity index (χ1n) is 15.6. The van der Waals surface area contributed by atoms with E-state index in [0.717, 1.165) is 56.4 Å². The zero-order chi connectivity index (χ0) is 30.5. The normalized spacial score (nSPS) is 18.4. The molecule has 0 aliphatic carbocycles. The maximum Gasteiger partial charge on any atom is 0.309 e. The van der Waals surface area contributed by atoms with Crippen LogP contribution >= 0.6 is 0 Å². The van der Waals surface area contributed by atoms with Crippen LogP contribution < -0.4 is 5.32 Å². The first-order valence-corrected chi connectivity index (χ1v) is 17.1. The molecule has 0 spiro atoms. The molecule has 0 saturated carbocycles. The van der Waals surface area contributed by atoms with Gasteiger partial charge in [-0.15, -0.1) is 0 Å². The van der Waals surface area contributed by atoms with Gasteiger partial charge in [0.25, 0.3) is 0 Å². The van der Waals surface area contributed by atoms with E-state index < -0.39 is 10.0 Å². The molecule has 0 aromatic heterocycles. The summed E-state index contributed by atoms with van der Waals surface area (Å²) in [7, 11) is -1.93. The quantitative estimate of drug-likeness (QED) is 0.158. The molecular weight excluding hydrogens is 558 g/mol. The monoisotopic (exact) mass is 605 g/mol. The van der Waals surface area contributed by atoms with Crippen molar-refractivity contribution in [1.82, 2.24) is 14.5 Å². The number of rotatable bonds is 16. The number of nitrogens with zero attached hydrogens (tertiary/aromatic N) is 2. The van der Waals surface area contributed by atoms with Crippen LogP contribution in [-0.4, -0.2) is 63.0 Å². The van der Waals surface area contributed by atoms with Gasteiger partial charge in [0.15, 0.2) is 0 Å². The van der Waals surface area contributed by atoms with Crippen LogP contribution in [0.15, 0.2) is 95.9 Å². The largest absolute Gasteiger partial charge is 0.461 e. The third kappa shape index (κ3) is 9.73. The molecule has 232 valence electrons. The van der Waals surface area contributed by atoms with E-state index in [1.54, 1.807) is 31.3 Å². The fraction of sp³-hybridized carbons (Fsp3) is 0.457. The predicted octanol–water partition coefficient (Wildman–Crippen LogP) is 6.04. The summed E-state index contributed by atoms with van der Waals surface area (Å²) < 4.78 is 33.9. The van der Waals surface area contributed by atoms with Gasteiger partial charge >= 0.3 is 5.97 Å². The zero-order valence-electron chi connectivity index (χ0n) is 25.6. The second-order valence-electron chi connectivity index (χ2n) is 11.5. The minimum atomic E-state index is -3.60. The van der Waals surface area contributed by atoms with E-state index in [1.165, 1.54) is 10.7 Å². The molecule has 0 radical (unpaired) electrons. The molecule has 0 bridgehead atoms. The number of carbonyl (C=O) groups excluding carboxylic acids is 1. The Morgan fingerprint density at radius 1 is 0.977 bits per heavy atom. The fourth-order valence-electron chi connectivity index (χ4n) is 5.79. The maximum atomic E-state index is 13.3. The predicted molar refractivity (Wildman–Crippen MR) is 172 cm³/mol. The summed E-state index contributed by atoms with van der Waals surface area (Å²) in [5.74, 6) is -0.242. The molecule has 1 aliphatic rings. The minimum absolute atomic E-state index is 0.0268. The number of piperidine rings is 1. The average Bonchev–Trinajstić information content (AvgIpc) is 3.05. The summed E-state index contributed by atoms with van der Waals surface area (Å²) in [5, 5.41) is 3.73. The number of sulfonamides is 1. The SMILES string of the molecule is CCCCCN[C@@H]1CC(C(=O)OCc2ccccc2)CCN1CC[C@@H](CN(C)S(=O)(=O)c1ccccc1)c1ccccc1. The zero-order valence-corrected chi connectivity index (χ0v) is 26.4. The first kappa shape index (κ1) is 32.9. The van der Waals surface area contributed by atoms with Gasteiger partial charge in [0.1, 0.15) is 6.61 Å². The lowest BCUT2D eigenvalue weighted by Crippen LogP contribution is -2.52.